The minimum atomic E-state index is -0.173. The van der Waals surface area contributed by atoms with E-state index in [0.29, 0.717) is 5.92 Å². The number of aryl methyl sites for hydroxylation is 1. The van der Waals surface area contributed by atoms with Gasteiger partial charge in [-0.25, -0.2) is 0 Å². The monoisotopic (exact) mass is 871 g/mol. The van der Waals surface area contributed by atoms with E-state index >= 15 is 0 Å². The average Bonchev–Trinajstić information content (AvgIpc) is 3.62. The van der Waals surface area contributed by atoms with Crippen molar-refractivity contribution in [1.82, 2.24) is 0 Å². The van der Waals surface area contributed by atoms with Crippen molar-refractivity contribution in [3.63, 3.8) is 0 Å². The number of nitrogens with zero attached hydrogens (tertiary/aromatic N) is 1. The Hall–Kier alpha value is -8.00. The third kappa shape index (κ3) is 7.55. The van der Waals surface area contributed by atoms with Crippen molar-refractivity contribution in [3.05, 3.63) is 270 Å². The van der Waals surface area contributed by atoms with E-state index in [4.69, 9.17) is 0 Å². The van der Waals surface area contributed by atoms with Gasteiger partial charge in [0.2, 0.25) is 0 Å². The Kier molecular flexibility index (Phi) is 10.6. The highest BCUT2D eigenvalue weighted by Crippen LogP contribution is 2.52. The molecular formula is C67H53N. The Bertz CT molecular complexity index is 3600. The Morgan fingerprint density at radius 3 is 1.62 bits per heavy atom. The van der Waals surface area contributed by atoms with Crippen LogP contribution in [0.2, 0.25) is 0 Å². The quantitative estimate of drug-likeness (QED) is 0.117. The van der Waals surface area contributed by atoms with E-state index in [2.05, 4.69) is 261 Å². The van der Waals surface area contributed by atoms with Crippen LogP contribution in [0.1, 0.15) is 60.4 Å². The molecule has 0 spiro atoms. The molecule has 0 radical (unpaired) electrons. The summed E-state index contributed by atoms with van der Waals surface area (Å²) < 4.78 is 0. The summed E-state index contributed by atoms with van der Waals surface area (Å²) in [5, 5.41) is 7.49. The molecule has 0 N–H and O–H groups in total. The first kappa shape index (κ1) is 41.4. The van der Waals surface area contributed by atoms with E-state index < -0.39 is 0 Å². The van der Waals surface area contributed by atoms with Crippen LogP contribution in [-0.4, -0.2) is 0 Å². The van der Waals surface area contributed by atoms with Gasteiger partial charge in [-0.15, -0.1) is 0 Å². The molecule has 0 saturated carbocycles. The lowest BCUT2D eigenvalue weighted by molar-refractivity contribution is 0.649. The van der Waals surface area contributed by atoms with Gasteiger partial charge in [-0.1, -0.05) is 226 Å². The van der Waals surface area contributed by atoms with Crippen LogP contribution in [0.3, 0.4) is 0 Å². The molecule has 0 heterocycles. The highest BCUT2D eigenvalue weighted by atomic mass is 15.1. The largest absolute Gasteiger partial charge is 0.310 e. The zero-order valence-corrected chi connectivity index (χ0v) is 38.7. The normalized spacial score (nSPS) is 13.1. The van der Waals surface area contributed by atoms with Crippen LogP contribution in [0.4, 0.5) is 17.1 Å². The van der Waals surface area contributed by atoms with Crippen LogP contribution in [0.15, 0.2) is 243 Å². The SMILES string of the molecule is CC1(C)c2cc(CCC[C@@H](c3ccccc3)c3ccc(-c4ccc(-c5ccccc5)cc4)cc3)ccc2-c2ccc(N(c3ccc4ccccc4c3)c3cc4ccccc4c4ccccc34)cc21. The highest BCUT2D eigenvalue weighted by Gasteiger charge is 2.36. The van der Waals surface area contributed by atoms with Gasteiger partial charge < -0.3 is 4.90 Å². The summed E-state index contributed by atoms with van der Waals surface area (Å²) in [7, 11) is 0. The molecule has 1 nitrogen and oxygen atoms in total. The molecule has 1 aliphatic carbocycles. The van der Waals surface area contributed by atoms with Crippen LogP contribution in [0.25, 0.3) is 65.7 Å². The Balaban J connectivity index is 0.831. The molecule has 0 aliphatic heterocycles. The van der Waals surface area contributed by atoms with Crippen molar-refractivity contribution >= 4 is 49.4 Å². The van der Waals surface area contributed by atoms with Gasteiger partial charge in [-0.3, -0.25) is 0 Å². The second-order valence-electron chi connectivity index (χ2n) is 19.2. The lowest BCUT2D eigenvalue weighted by atomic mass is 9.81. The Morgan fingerprint density at radius 2 is 0.897 bits per heavy atom. The number of anilines is 3. The molecule has 0 aromatic heterocycles. The lowest BCUT2D eigenvalue weighted by Crippen LogP contribution is -2.17. The smallest absolute Gasteiger partial charge is 0.0546 e. The first-order chi connectivity index (χ1) is 33.5. The molecule has 12 rings (SSSR count). The fourth-order valence-corrected chi connectivity index (χ4v) is 11.1. The molecule has 1 aliphatic rings. The first-order valence-electron chi connectivity index (χ1n) is 24.2. The second kappa shape index (κ2) is 17.3. The third-order valence-electron chi connectivity index (χ3n) is 14.8. The minimum absolute atomic E-state index is 0.173. The van der Waals surface area contributed by atoms with Gasteiger partial charge in [0, 0.05) is 28.1 Å². The summed E-state index contributed by atoms with van der Waals surface area (Å²) in [6.07, 6.45) is 3.21. The topological polar surface area (TPSA) is 3.24 Å². The van der Waals surface area contributed by atoms with E-state index in [9.17, 15) is 0 Å². The number of fused-ring (bicyclic) bond motifs is 7. The summed E-state index contributed by atoms with van der Waals surface area (Å²) in [6, 6.07) is 90.1. The maximum Gasteiger partial charge on any atom is 0.0546 e. The summed E-state index contributed by atoms with van der Waals surface area (Å²) >= 11 is 0. The fourth-order valence-electron chi connectivity index (χ4n) is 11.1. The van der Waals surface area contributed by atoms with Crippen molar-refractivity contribution in [2.75, 3.05) is 4.90 Å². The van der Waals surface area contributed by atoms with Crippen molar-refractivity contribution in [1.29, 1.82) is 0 Å². The number of hydrogen-bond donors (Lipinski definition) is 0. The van der Waals surface area contributed by atoms with Gasteiger partial charge in [0.1, 0.15) is 0 Å². The van der Waals surface area contributed by atoms with E-state index in [1.165, 1.54) is 105 Å². The van der Waals surface area contributed by atoms with E-state index in [1.54, 1.807) is 0 Å². The molecule has 11 aromatic rings. The Labute approximate surface area is 400 Å². The van der Waals surface area contributed by atoms with Gasteiger partial charge in [-0.05, 0) is 138 Å². The molecule has 0 amide bonds. The van der Waals surface area contributed by atoms with Crippen molar-refractivity contribution < 1.29 is 0 Å². The molecule has 0 fully saturated rings. The maximum absolute atomic E-state index is 2.52. The number of rotatable bonds is 11. The van der Waals surface area contributed by atoms with Gasteiger partial charge in [0.05, 0.1) is 5.69 Å². The molecular weight excluding hydrogens is 819 g/mol. The predicted molar refractivity (Wildman–Crippen MR) is 290 cm³/mol. The van der Waals surface area contributed by atoms with E-state index in [-0.39, 0.29) is 5.41 Å². The summed E-state index contributed by atoms with van der Waals surface area (Å²) in [5.74, 6) is 0.324. The van der Waals surface area contributed by atoms with Gasteiger partial charge >= 0.3 is 0 Å². The molecule has 0 saturated heterocycles. The third-order valence-corrected chi connectivity index (χ3v) is 14.8. The molecule has 0 unspecified atom stereocenters. The van der Waals surface area contributed by atoms with Crippen molar-refractivity contribution in [2.45, 2.75) is 44.4 Å². The van der Waals surface area contributed by atoms with Gasteiger partial charge in [0.25, 0.3) is 0 Å². The van der Waals surface area contributed by atoms with Crippen molar-refractivity contribution in [2.24, 2.45) is 0 Å². The van der Waals surface area contributed by atoms with Crippen molar-refractivity contribution in [3.8, 4) is 33.4 Å². The van der Waals surface area contributed by atoms with E-state index in [0.717, 1.165) is 24.9 Å². The van der Waals surface area contributed by atoms with Crippen LogP contribution in [0, 0.1) is 0 Å². The standard InChI is InChI=1S/C67H53N/c1-67(2)64-42-46(16-15-27-58(52-20-7-4-8-21-52)53-35-33-51(34-36-53)50-31-29-49(30-32-50)47-17-5-3-6-18-47)28-40-61(64)62-41-39-57(45-65(62)67)68(56-38-37-48-19-9-10-22-54(48)43-56)66-44-55-23-11-12-24-59(55)60-25-13-14-26-63(60)66/h3-14,17-26,28-45,58H,15-16,27H2,1-2H3/t58-/m0/s1. The average molecular weight is 872 g/mol. The highest BCUT2D eigenvalue weighted by molar-refractivity contribution is 6.14. The molecule has 11 aromatic carbocycles. The Morgan fingerprint density at radius 1 is 0.382 bits per heavy atom. The molecule has 326 valence electrons. The lowest BCUT2D eigenvalue weighted by Gasteiger charge is -2.30. The molecule has 1 heteroatoms. The first-order valence-corrected chi connectivity index (χ1v) is 24.2. The molecule has 0 bridgehead atoms. The minimum Gasteiger partial charge on any atom is -0.310 e. The zero-order chi connectivity index (χ0) is 45.6. The maximum atomic E-state index is 2.52. The number of hydrogen-bond acceptors (Lipinski definition) is 1. The van der Waals surface area contributed by atoms with Crippen LogP contribution < -0.4 is 4.90 Å². The fraction of sp³-hybridized carbons (Fsp3) is 0.104. The van der Waals surface area contributed by atoms with Crippen LogP contribution in [0.5, 0.6) is 0 Å². The summed E-state index contributed by atoms with van der Waals surface area (Å²) in [4.78, 5) is 2.49. The molecule has 68 heavy (non-hydrogen) atoms. The predicted octanol–water partition coefficient (Wildman–Crippen LogP) is 18.4. The van der Waals surface area contributed by atoms with Gasteiger partial charge in [0.15, 0.2) is 0 Å². The van der Waals surface area contributed by atoms with Gasteiger partial charge in [-0.2, -0.15) is 0 Å². The number of benzene rings is 11. The summed E-state index contributed by atoms with van der Waals surface area (Å²) in [5.41, 5.74) is 17.9. The zero-order valence-electron chi connectivity index (χ0n) is 38.7. The van der Waals surface area contributed by atoms with Crippen LogP contribution >= 0.6 is 0 Å². The summed E-state index contributed by atoms with van der Waals surface area (Å²) in [6.45, 7) is 4.84. The molecule has 1 atom stereocenters. The second-order valence-corrected chi connectivity index (χ2v) is 19.2. The van der Waals surface area contributed by atoms with E-state index in [1.807, 2.05) is 0 Å². The van der Waals surface area contributed by atoms with Crippen LogP contribution in [-0.2, 0) is 11.8 Å².